The predicted octanol–water partition coefficient (Wildman–Crippen LogP) is 6.09. The van der Waals surface area contributed by atoms with Gasteiger partial charge < -0.3 is 4.43 Å². The van der Waals surface area contributed by atoms with E-state index >= 15 is 0 Å². The van der Waals surface area contributed by atoms with Gasteiger partial charge in [-0.2, -0.15) is 0 Å². The summed E-state index contributed by atoms with van der Waals surface area (Å²) in [7, 11) is -1.80. The van der Waals surface area contributed by atoms with Gasteiger partial charge in [-0.3, -0.25) is 9.78 Å². The Hall–Kier alpha value is -1.59. The molecule has 0 aliphatic heterocycles. The minimum atomic E-state index is -1.80. The quantitative estimate of drug-likeness (QED) is 0.434. The maximum Gasteiger partial charge on any atom is 0.191 e. The SMILES string of the molecule is CCC(CCO[Si](C)(C)C(C)(C)C)c1cc(F)c(C=O)c2ccncc12. The number of rotatable bonds is 7. The van der Waals surface area contributed by atoms with Crippen LogP contribution < -0.4 is 0 Å². The maximum atomic E-state index is 14.5. The third-order valence-corrected chi connectivity index (χ3v) is 10.3. The Labute approximate surface area is 157 Å². The summed E-state index contributed by atoms with van der Waals surface area (Å²) >= 11 is 0. The van der Waals surface area contributed by atoms with E-state index in [1.807, 2.05) is 0 Å². The summed E-state index contributed by atoms with van der Waals surface area (Å²) in [5.74, 6) is -0.292. The lowest BCUT2D eigenvalue weighted by Crippen LogP contribution is -2.41. The second-order valence-electron chi connectivity index (χ2n) is 8.40. The zero-order valence-corrected chi connectivity index (χ0v) is 17.7. The van der Waals surface area contributed by atoms with E-state index in [1.54, 1.807) is 18.5 Å². The molecule has 2 aromatic rings. The number of halogens is 1. The zero-order valence-electron chi connectivity index (χ0n) is 16.7. The van der Waals surface area contributed by atoms with E-state index in [-0.39, 0.29) is 16.5 Å². The number of benzene rings is 1. The average molecular weight is 376 g/mol. The highest BCUT2D eigenvalue weighted by molar-refractivity contribution is 6.74. The number of pyridine rings is 1. The van der Waals surface area contributed by atoms with Crippen LogP contribution in [0.1, 0.15) is 62.4 Å². The van der Waals surface area contributed by atoms with Crippen molar-refractivity contribution in [3.05, 3.63) is 41.5 Å². The maximum absolute atomic E-state index is 14.5. The Kier molecular flexibility index (Phi) is 6.35. The van der Waals surface area contributed by atoms with Crippen LogP contribution in [0.25, 0.3) is 10.8 Å². The van der Waals surface area contributed by atoms with Crippen LogP contribution in [0.4, 0.5) is 4.39 Å². The fourth-order valence-electron chi connectivity index (χ4n) is 2.99. The molecule has 1 atom stereocenters. The van der Waals surface area contributed by atoms with Crippen LogP contribution in [-0.2, 0) is 4.43 Å². The molecule has 0 aliphatic carbocycles. The lowest BCUT2D eigenvalue weighted by atomic mass is 9.88. The second-order valence-corrected chi connectivity index (χ2v) is 13.2. The van der Waals surface area contributed by atoms with E-state index in [2.05, 4.69) is 45.8 Å². The fraction of sp³-hybridized carbons (Fsp3) is 0.524. The van der Waals surface area contributed by atoms with Crippen LogP contribution in [0, 0.1) is 5.82 Å². The molecule has 0 fully saturated rings. The van der Waals surface area contributed by atoms with Crippen LogP contribution in [0.2, 0.25) is 18.1 Å². The Morgan fingerprint density at radius 1 is 1.31 bits per heavy atom. The van der Waals surface area contributed by atoms with Gasteiger partial charge in [0.05, 0.1) is 5.56 Å². The molecule has 0 bridgehead atoms. The van der Waals surface area contributed by atoms with Crippen molar-refractivity contribution in [2.45, 2.75) is 64.6 Å². The van der Waals surface area contributed by atoms with Gasteiger partial charge in [0, 0.05) is 24.4 Å². The molecule has 1 aromatic carbocycles. The normalized spacial score (nSPS) is 13.8. The number of aromatic nitrogens is 1. The first kappa shape index (κ1) is 20.7. The smallest absolute Gasteiger partial charge is 0.191 e. The predicted molar refractivity (Wildman–Crippen MR) is 108 cm³/mol. The van der Waals surface area contributed by atoms with Crippen molar-refractivity contribution in [1.29, 1.82) is 0 Å². The highest BCUT2D eigenvalue weighted by Gasteiger charge is 2.37. The Morgan fingerprint density at radius 3 is 2.58 bits per heavy atom. The van der Waals surface area contributed by atoms with Crippen molar-refractivity contribution in [2.75, 3.05) is 6.61 Å². The molecule has 0 saturated carbocycles. The first-order chi connectivity index (χ1) is 12.1. The number of nitrogens with zero attached hydrogens (tertiary/aromatic N) is 1. The van der Waals surface area contributed by atoms with Crippen molar-refractivity contribution >= 4 is 25.4 Å². The lowest BCUT2D eigenvalue weighted by Gasteiger charge is -2.36. The molecular weight excluding hydrogens is 345 g/mol. The first-order valence-electron chi connectivity index (χ1n) is 9.27. The molecule has 3 nitrogen and oxygen atoms in total. The standard InChI is InChI=1S/C21H30FNO2Si/c1-7-15(9-11-25-26(5,6)21(2,3)4)17-12-20(22)19(14-24)16-8-10-23-13-18(16)17/h8,10,12-15H,7,9,11H2,1-6H3. The van der Waals surface area contributed by atoms with Crippen molar-refractivity contribution in [1.82, 2.24) is 4.98 Å². The average Bonchev–Trinajstić information content (AvgIpc) is 2.57. The third-order valence-electron chi connectivity index (χ3n) is 5.75. The summed E-state index contributed by atoms with van der Waals surface area (Å²) in [6.45, 7) is 13.9. The van der Waals surface area contributed by atoms with Gasteiger partial charge in [-0.05, 0) is 60.0 Å². The molecule has 26 heavy (non-hydrogen) atoms. The first-order valence-corrected chi connectivity index (χ1v) is 12.2. The van der Waals surface area contributed by atoms with Gasteiger partial charge in [0.25, 0.3) is 0 Å². The number of hydrogen-bond donors (Lipinski definition) is 0. The molecule has 1 heterocycles. The monoisotopic (exact) mass is 375 g/mol. The van der Waals surface area contributed by atoms with Crippen molar-refractivity contribution in [2.24, 2.45) is 0 Å². The Morgan fingerprint density at radius 2 is 2.00 bits per heavy atom. The Balaban J connectivity index is 2.30. The number of carbonyl (C=O) groups is 1. The van der Waals surface area contributed by atoms with Gasteiger partial charge in [0.2, 0.25) is 0 Å². The van der Waals surface area contributed by atoms with Gasteiger partial charge in [-0.1, -0.05) is 27.7 Å². The van der Waals surface area contributed by atoms with Crippen LogP contribution in [0.3, 0.4) is 0 Å². The molecule has 1 unspecified atom stereocenters. The van der Waals surface area contributed by atoms with Crippen LogP contribution in [0.5, 0.6) is 0 Å². The van der Waals surface area contributed by atoms with E-state index in [9.17, 15) is 9.18 Å². The minimum Gasteiger partial charge on any atom is -0.417 e. The molecule has 0 amide bonds. The molecule has 0 spiro atoms. The molecule has 1 aromatic heterocycles. The van der Waals surface area contributed by atoms with E-state index in [0.717, 1.165) is 23.8 Å². The summed E-state index contributed by atoms with van der Waals surface area (Å²) in [5.41, 5.74) is 1.02. The molecular formula is C21H30FNO2Si. The van der Waals surface area contributed by atoms with Gasteiger partial charge in [0.15, 0.2) is 14.6 Å². The van der Waals surface area contributed by atoms with Gasteiger partial charge in [0.1, 0.15) is 5.82 Å². The molecule has 0 saturated heterocycles. The molecule has 142 valence electrons. The largest absolute Gasteiger partial charge is 0.417 e. The third kappa shape index (κ3) is 4.21. The summed E-state index contributed by atoms with van der Waals surface area (Å²) < 4.78 is 20.8. The number of hydrogen-bond acceptors (Lipinski definition) is 3. The molecule has 0 aliphatic rings. The molecule has 2 rings (SSSR count). The fourth-order valence-corrected chi connectivity index (χ4v) is 4.05. The number of fused-ring (bicyclic) bond motifs is 1. The number of aldehydes is 1. The molecule has 5 heteroatoms. The number of carbonyl (C=O) groups excluding carboxylic acids is 1. The van der Waals surface area contributed by atoms with E-state index in [4.69, 9.17) is 4.43 Å². The summed E-state index contributed by atoms with van der Waals surface area (Å²) in [6, 6.07) is 3.22. The molecule has 0 N–H and O–H groups in total. The van der Waals surface area contributed by atoms with Gasteiger partial charge in [-0.15, -0.1) is 0 Å². The van der Waals surface area contributed by atoms with Gasteiger partial charge >= 0.3 is 0 Å². The Bertz CT molecular complexity index is 783. The molecule has 0 radical (unpaired) electrons. The second kappa shape index (κ2) is 7.97. The summed E-state index contributed by atoms with van der Waals surface area (Å²) in [6.07, 6.45) is 5.62. The highest BCUT2D eigenvalue weighted by atomic mass is 28.4. The summed E-state index contributed by atoms with van der Waals surface area (Å²) in [5, 5.41) is 1.66. The highest BCUT2D eigenvalue weighted by Crippen LogP contribution is 2.38. The van der Waals surface area contributed by atoms with Crippen LogP contribution in [0.15, 0.2) is 24.5 Å². The minimum absolute atomic E-state index is 0.110. The van der Waals surface area contributed by atoms with Crippen molar-refractivity contribution in [3.8, 4) is 0 Å². The van der Waals surface area contributed by atoms with Crippen molar-refractivity contribution in [3.63, 3.8) is 0 Å². The topological polar surface area (TPSA) is 39.2 Å². The van der Waals surface area contributed by atoms with E-state index in [0.29, 0.717) is 18.3 Å². The summed E-state index contributed by atoms with van der Waals surface area (Å²) in [4.78, 5) is 15.5. The lowest BCUT2D eigenvalue weighted by molar-refractivity contribution is 0.112. The van der Waals surface area contributed by atoms with Gasteiger partial charge in [-0.25, -0.2) is 4.39 Å². The zero-order chi connectivity index (χ0) is 19.5. The van der Waals surface area contributed by atoms with Crippen molar-refractivity contribution < 1.29 is 13.6 Å². The van der Waals surface area contributed by atoms with Crippen LogP contribution >= 0.6 is 0 Å². The van der Waals surface area contributed by atoms with E-state index in [1.165, 1.54) is 6.07 Å². The van der Waals surface area contributed by atoms with E-state index < -0.39 is 14.1 Å². The van der Waals surface area contributed by atoms with Crippen LogP contribution in [-0.4, -0.2) is 26.2 Å².